The Balaban J connectivity index is 1.87. The SMILES string of the molecule is CN(C(=O)c1scnc1C1CCCC1)C1(C(N)=O)CCCC1. The molecule has 2 saturated carbocycles. The maximum Gasteiger partial charge on any atom is 0.266 e. The number of carbonyl (C=O) groups excluding carboxylic acids is 2. The molecule has 2 fully saturated rings. The van der Waals surface area contributed by atoms with Gasteiger partial charge in [-0.2, -0.15) is 0 Å². The van der Waals surface area contributed by atoms with E-state index in [-0.39, 0.29) is 11.8 Å². The molecule has 120 valence electrons. The fourth-order valence-corrected chi connectivity index (χ4v) is 4.81. The maximum atomic E-state index is 13.0. The Hall–Kier alpha value is -1.43. The highest BCUT2D eigenvalue weighted by molar-refractivity contribution is 7.11. The number of thiazole rings is 1. The predicted octanol–water partition coefficient (Wildman–Crippen LogP) is 2.67. The minimum absolute atomic E-state index is 0.0925. The van der Waals surface area contributed by atoms with Crippen molar-refractivity contribution in [3.8, 4) is 0 Å². The van der Waals surface area contributed by atoms with Gasteiger partial charge in [0.25, 0.3) is 5.91 Å². The van der Waals surface area contributed by atoms with Crippen molar-refractivity contribution < 1.29 is 9.59 Å². The lowest BCUT2D eigenvalue weighted by Crippen LogP contribution is -2.56. The number of amides is 2. The highest BCUT2D eigenvalue weighted by atomic mass is 32.1. The summed E-state index contributed by atoms with van der Waals surface area (Å²) < 4.78 is 0. The first kappa shape index (κ1) is 15.5. The Morgan fingerprint density at radius 1 is 1.27 bits per heavy atom. The van der Waals surface area contributed by atoms with Gasteiger partial charge in [0.2, 0.25) is 5.91 Å². The number of nitrogens with zero attached hydrogens (tertiary/aromatic N) is 2. The Bertz CT molecular complexity index is 572. The molecule has 22 heavy (non-hydrogen) atoms. The third kappa shape index (κ3) is 2.43. The van der Waals surface area contributed by atoms with E-state index in [1.54, 1.807) is 17.5 Å². The standard InChI is InChI=1S/C16H23N3O2S/c1-19(16(15(17)21)8-4-5-9-16)14(20)13-12(18-10-22-13)11-6-2-3-7-11/h10-11H,2-9H2,1H3,(H2,17,21). The number of primary amides is 1. The van der Waals surface area contributed by atoms with Crippen LogP contribution in [0.2, 0.25) is 0 Å². The van der Waals surface area contributed by atoms with E-state index in [1.807, 2.05) is 0 Å². The molecule has 0 atom stereocenters. The van der Waals surface area contributed by atoms with Gasteiger partial charge in [0.1, 0.15) is 10.4 Å². The van der Waals surface area contributed by atoms with E-state index >= 15 is 0 Å². The Labute approximate surface area is 134 Å². The summed E-state index contributed by atoms with van der Waals surface area (Å²) in [4.78, 5) is 31.7. The second kappa shape index (κ2) is 5.99. The third-order valence-electron chi connectivity index (χ3n) is 5.37. The van der Waals surface area contributed by atoms with Crippen molar-refractivity contribution in [1.29, 1.82) is 0 Å². The van der Waals surface area contributed by atoms with Crippen LogP contribution in [0.15, 0.2) is 5.51 Å². The summed E-state index contributed by atoms with van der Waals surface area (Å²) in [6.07, 6.45) is 7.85. The van der Waals surface area contributed by atoms with Crippen LogP contribution >= 0.6 is 11.3 Å². The molecule has 2 aliphatic rings. The molecule has 0 saturated heterocycles. The smallest absolute Gasteiger partial charge is 0.266 e. The second-order valence-corrected chi connectivity index (χ2v) is 7.37. The predicted molar refractivity (Wildman–Crippen MR) is 85.8 cm³/mol. The van der Waals surface area contributed by atoms with Crippen LogP contribution in [0.25, 0.3) is 0 Å². The first-order valence-corrected chi connectivity index (χ1v) is 8.95. The van der Waals surface area contributed by atoms with E-state index in [0.717, 1.165) is 31.4 Å². The Morgan fingerprint density at radius 3 is 2.50 bits per heavy atom. The molecule has 5 nitrogen and oxygen atoms in total. The van der Waals surface area contributed by atoms with Gasteiger partial charge in [0.05, 0.1) is 11.2 Å². The van der Waals surface area contributed by atoms with Gasteiger partial charge in [-0.05, 0) is 25.7 Å². The second-order valence-electron chi connectivity index (χ2n) is 6.52. The molecule has 3 rings (SSSR count). The van der Waals surface area contributed by atoms with Crippen molar-refractivity contribution in [2.45, 2.75) is 62.8 Å². The summed E-state index contributed by atoms with van der Waals surface area (Å²) in [5, 5.41) is 0. The third-order valence-corrected chi connectivity index (χ3v) is 6.20. The van der Waals surface area contributed by atoms with Crippen LogP contribution in [0.5, 0.6) is 0 Å². The quantitative estimate of drug-likeness (QED) is 0.926. The highest BCUT2D eigenvalue weighted by Crippen LogP contribution is 2.39. The lowest BCUT2D eigenvalue weighted by molar-refractivity contribution is -0.127. The zero-order chi connectivity index (χ0) is 15.7. The Morgan fingerprint density at radius 2 is 1.91 bits per heavy atom. The van der Waals surface area contributed by atoms with Crippen molar-refractivity contribution in [3.63, 3.8) is 0 Å². The monoisotopic (exact) mass is 321 g/mol. The van der Waals surface area contributed by atoms with Gasteiger partial charge in [-0.3, -0.25) is 9.59 Å². The van der Waals surface area contributed by atoms with E-state index in [4.69, 9.17) is 5.73 Å². The summed E-state index contributed by atoms with van der Waals surface area (Å²) in [5.41, 5.74) is 7.51. The van der Waals surface area contributed by atoms with Gasteiger partial charge in [-0.25, -0.2) is 4.98 Å². The molecule has 0 bridgehead atoms. The number of rotatable bonds is 4. The van der Waals surface area contributed by atoms with Crippen molar-refractivity contribution in [3.05, 3.63) is 16.1 Å². The first-order valence-electron chi connectivity index (χ1n) is 8.08. The molecular formula is C16H23N3O2S. The molecule has 0 unspecified atom stereocenters. The van der Waals surface area contributed by atoms with Gasteiger partial charge >= 0.3 is 0 Å². The molecule has 0 aliphatic heterocycles. The number of hydrogen-bond acceptors (Lipinski definition) is 4. The molecule has 1 aromatic rings. The molecule has 2 amide bonds. The Kier molecular flexibility index (Phi) is 4.21. The molecule has 0 radical (unpaired) electrons. The zero-order valence-electron chi connectivity index (χ0n) is 13.0. The molecule has 2 aliphatic carbocycles. The van der Waals surface area contributed by atoms with E-state index in [2.05, 4.69) is 4.98 Å². The molecule has 0 aromatic carbocycles. The van der Waals surface area contributed by atoms with Crippen LogP contribution in [-0.4, -0.2) is 34.3 Å². The molecule has 1 aromatic heterocycles. The largest absolute Gasteiger partial charge is 0.368 e. The van der Waals surface area contributed by atoms with E-state index in [9.17, 15) is 9.59 Å². The maximum absolute atomic E-state index is 13.0. The zero-order valence-corrected chi connectivity index (χ0v) is 13.8. The summed E-state index contributed by atoms with van der Waals surface area (Å²) in [7, 11) is 1.72. The topological polar surface area (TPSA) is 76.3 Å². The molecule has 0 spiro atoms. The number of likely N-dealkylation sites (N-methyl/N-ethyl adjacent to an activating group) is 1. The van der Waals surface area contributed by atoms with Gasteiger partial charge in [0.15, 0.2) is 0 Å². The number of carbonyl (C=O) groups is 2. The average molecular weight is 321 g/mol. The van der Waals surface area contributed by atoms with E-state index in [1.165, 1.54) is 24.2 Å². The summed E-state index contributed by atoms with van der Waals surface area (Å²) >= 11 is 1.39. The van der Waals surface area contributed by atoms with E-state index < -0.39 is 5.54 Å². The molecular weight excluding hydrogens is 298 g/mol. The highest BCUT2D eigenvalue weighted by Gasteiger charge is 2.46. The van der Waals surface area contributed by atoms with Crippen LogP contribution in [0.1, 0.15) is 72.7 Å². The van der Waals surface area contributed by atoms with Crippen molar-refractivity contribution >= 4 is 23.2 Å². The van der Waals surface area contributed by atoms with Crippen LogP contribution < -0.4 is 5.73 Å². The molecule has 2 N–H and O–H groups in total. The molecule has 6 heteroatoms. The first-order chi connectivity index (χ1) is 10.6. The van der Waals surface area contributed by atoms with Crippen molar-refractivity contribution in [2.75, 3.05) is 7.05 Å². The van der Waals surface area contributed by atoms with E-state index in [0.29, 0.717) is 23.6 Å². The summed E-state index contributed by atoms with van der Waals surface area (Å²) in [6, 6.07) is 0. The lowest BCUT2D eigenvalue weighted by Gasteiger charge is -2.35. The van der Waals surface area contributed by atoms with Gasteiger partial charge in [-0.1, -0.05) is 25.7 Å². The van der Waals surface area contributed by atoms with Gasteiger partial charge < -0.3 is 10.6 Å². The average Bonchev–Trinajstić information content (AvgIpc) is 3.25. The van der Waals surface area contributed by atoms with Crippen LogP contribution in [0, 0.1) is 0 Å². The lowest BCUT2D eigenvalue weighted by atomic mass is 9.94. The minimum atomic E-state index is -0.811. The van der Waals surface area contributed by atoms with Crippen LogP contribution in [0.3, 0.4) is 0 Å². The van der Waals surface area contributed by atoms with Crippen LogP contribution in [-0.2, 0) is 4.79 Å². The van der Waals surface area contributed by atoms with Crippen molar-refractivity contribution in [2.24, 2.45) is 5.73 Å². The van der Waals surface area contributed by atoms with Crippen LogP contribution in [0.4, 0.5) is 0 Å². The summed E-state index contributed by atoms with van der Waals surface area (Å²) in [5.74, 6) is -0.0791. The fraction of sp³-hybridized carbons (Fsp3) is 0.688. The van der Waals surface area contributed by atoms with Crippen molar-refractivity contribution in [1.82, 2.24) is 9.88 Å². The normalized spacial score (nSPS) is 21.1. The fourth-order valence-electron chi connectivity index (χ4n) is 3.96. The molecule has 1 heterocycles. The summed E-state index contributed by atoms with van der Waals surface area (Å²) in [6.45, 7) is 0. The van der Waals surface area contributed by atoms with Gasteiger partial charge in [-0.15, -0.1) is 11.3 Å². The van der Waals surface area contributed by atoms with Gasteiger partial charge in [0, 0.05) is 13.0 Å². The number of nitrogens with two attached hydrogens (primary N) is 1. The number of aromatic nitrogens is 1. The minimum Gasteiger partial charge on any atom is -0.368 e. The number of hydrogen-bond donors (Lipinski definition) is 1.